The molecule has 0 N–H and O–H groups in total. The first-order chi connectivity index (χ1) is 6.31. The summed E-state index contributed by atoms with van der Waals surface area (Å²) in [5, 5.41) is 0. The Morgan fingerprint density at radius 2 is 1.79 bits per heavy atom. The molecule has 0 spiro atoms. The fourth-order valence-corrected chi connectivity index (χ4v) is 4.25. The fourth-order valence-electron chi connectivity index (χ4n) is 1.32. The molecule has 0 fully saturated rings. The van der Waals surface area contributed by atoms with Crippen LogP contribution in [0.5, 0.6) is 0 Å². The van der Waals surface area contributed by atoms with Crippen LogP contribution in [0.1, 0.15) is 46.5 Å². The maximum absolute atomic E-state index is 5.81. The van der Waals surface area contributed by atoms with Gasteiger partial charge in [0.1, 0.15) is 0 Å². The molecule has 0 saturated carbocycles. The van der Waals surface area contributed by atoms with Crippen molar-refractivity contribution >= 4 is 31.6 Å². The zero-order valence-corrected chi connectivity index (χ0v) is 13.6. The van der Waals surface area contributed by atoms with Gasteiger partial charge in [0.25, 0.3) is 0 Å². The van der Waals surface area contributed by atoms with Crippen molar-refractivity contribution in [3.05, 3.63) is 0 Å². The SMILES string of the molecule is C[SiH](C)OC(I)CCCCC(C)(C)C. The van der Waals surface area contributed by atoms with Crippen molar-refractivity contribution in [2.24, 2.45) is 5.41 Å². The smallest absolute Gasteiger partial charge is 0.172 e. The van der Waals surface area contributed by atoms with Crippen LogP contribution in [-0.4, -0.2) is 13.2 Å². The zero-order valence-electron chi connectivity index (χ0n) is 10.3. The molecule has 1 nitrogen and oxygen atoms in total. The van der Waals surface area contributed by atoms with Gasteiger partial charge in [-0.25, -0.2) is 0 Å². The molecule has 0 aliphatic rings. The number of hydrogen-bond acceptors (Lipinski definition) is 1. The topological polar surface area (TPSA) is 9.23 Å². The highest BCUT2D eigenvalue weighted by Gasteiger charge is 2.11. The molecule has 0 amide bonds. The van der Waals surface area contributed by atoms with Gasteiger partial charge in [0.15, 0.2) is 9.04 Å². The first-order valence-electron chi connectivity index (χ1n) is 5.61. The van der Waals surface area contributed by atoms with Gasteiger partial charge in [0.05, 0.1) is 4.11 Å². The van der Waals surface area contributed by atoms with Crippen LogP contribution in [0.25, 0.3) is 0 Å². The Morgan fingerprint density at radius 3 is 2.21 bits per heavy atom. The van der Waals surface area contributed by atoms with Crippen molar-refractivity contribution in [1.29, 1.82) is 0 Å². The Morgan fingerprint density at radius 1 is 1.21 bits per heavy atom. The minimum Gasteiger partial charge on any atom is -0.409 e. The van der Waals surface area contributed by atoms with Crippen LogP contribution in [-0.2, 0) is 4.43 Å². The molecule has 0 bridgehead atoms. The summed E-state index contributed by atoms with van der Waals surface area (Å²) in [6.07, 6.45) is 5.20. The molecule has 14 heavy (non-hydrogen) atoms. The van der Waals surface area contributed by atoms with Crippen molar-refractivity contribution in [3.63, 3.8) is 0 Å². The molecule has 0 rings (SSSR count). The quantitative estimate of drug-likeness (QED) is 0.305. The first kappa shape index (κ1) is 14.9. The van der Waals surface area contributed by atoms with E-state index in [0.29, 0.717) is 9.53 Å². The van der Waals surface area contributed by atoms with E-state index in [9.17, 15) is 0 Å². The summed E-state index contributed by atoms with van der Waals surface area (Å²) in [5.74, 6) is 0. The highest BCUT2D eigenvalue weighted by atomic mass is 127. The Kier molecular flexibility index (Phi) is 7.69. The number of rotatable bonds is 6. The van der Waals surface area contributed by atoms with Crippen molar-refractivity contribution in [2.45, 2.75) is 63.7 Å². The lowest BCUT2D eigenvalue weighted by molar-refractivity contribution is 0.284. The van der Waals surface area contributed by atoms with Gasteiger partial charge in [-0.3, -0.25) is 0 Å². The van der Waals surface area contributed by atoms with Gasteiger partial charge in [-0.05, 0) is 31.4 Å². The van der Waals surface area contributed by atoms with Crippen LogP contribution in [0.4, 0.5) is 0 Å². The lowest BCUT2D eigenvalue weighted by atomic mass is 9.89. The third-order valence-corrected chi connectivity index (χ3v) is 4.37. The van der Waals surface area contributed by atoms with E-state index in [0.717, 1.165) is 0 Å². The molecule has 0 heterocycles. The summed E-state index contributed by atoms with van der Waals surface area (Å²) in [4.78, 5) is 0. The minimum absolute atomic E-state index is 0.458. The molecule has 0 aromatic heterocycles. The maximum atomic E-state index is 5.81. The number of alkyl halides is 1. The molecular weight excluding hydrogens is 303 g/mol. The second kappa shape index (κ2) is 7.22. The molecular formula is C11H25IOSi. The number of halogens is 1. The summed E-state index contributed by atoms with van der Waals surface area (Å²) >= 11 is 2.43. The molecule has 0 aromatic carbocycles. The van der Waals surface area contributed by atoms with Crippen LogP contribution < -0.4 is 0 Å². The second-order valence-corrected chi connectivity index (χ2v) is 9.16. The predicted molar refractivity (Wildman–Crippen MR) is 75.7 cm³/mol. The van der Waals surface area contributed by atoms with E-state index in [2.05, 4.69) is 56.5 Å². The number of hydrogen-bond donors (Lipinski definition) is 0. The summed E-state index contributed by atoms with van der Waals surface area (Å²) in [6.45, 7) is 11.4. The lowest BCUT2D eigenvalue weighted by Crippen LogP contribution is -2.15. The molecule has 0 aliphatic heterocycles. The average molecular weight is 328 g/mol. The third kappa shape index (κ3) is 11.0. The molecule has 3 heteroatoms. The normalized spacial score (nSPS) is 14.8. The van der Waals surface area contributed by atoms with Gasteiger partial charge in [-0.15, -0.1) is 0 Å². The van der Waals surface area contributed by atoms with E-state index in [-0.39, 0.29) is 0 Å². The molecule has 0 radical (unpaired) electrons. The summed E-state index contributed by atoms with van der Waals surface area (Å²) < 4.78 is 6.27. The van der Waals surface area contributed by atoms with Crippen molar-refractivity contribution < 1.29 is 4.43 Å². The molecule has 1 atom stereocenters. The van der Waals surface area contributed by atoms with Gasteiger partial charge in [0, 0.05) is 0 Å². The highest BCUT2D eigenvalue weighted by Crippen LogP contribution is 2.23. The van der Waals surface area contributed by atoms with Gasteiger partial charge < -0.3 is 4.43 Å². The molecule has 86 valence electrons. The molecule has 0 aliphatic carbocycles. The summed E-state index contributed by atoms with van der Waals surface area (Å²) in [6, 6.07) is 0. The van der Waals surface area contributed by atoms with E-state index < -0.39 is 9.04 Å². The van der Waals surface area contributed by atoms with Crippen molar-refractivity contribution in [3.8, 4) is 0 Å². The Hall–Kier alpha value is 0.907. The van der Waals surface area contributed by atoms with Gasteiger partial charge in [0.2, 0.25) is 0 Å². The maximum Gasteiger partial charge on any atom is 0.172 e. The van der Waals surface area contributed by atoms with E-state index in [4.69, 9.17) is 4.43 Å². The molecule has 0 saturated heterocycles. The van der Waals surface area contributed by atoms with Gasteiger partial charge in [-0.1, -0.05) is 56.2 Å². The van der Waals surface area contributed by atoms with Crippen LogP contribution in [0.2, 0.25) is 13.1 Å². The third-order valence-electron chi connectivity index (χ3n) is 2.03. The van der Waals surface area contributed by atoms with E-state index in [1.54, 1.807) is 0 Å². The van der Waals surface area contributed by atoms with Crippen LogP contribution >= 0.6 is 22.6 Å². The van der Waals surface area contributed by atoms with Crippen molar-refractivity contribution in [1.82, 2.24) is 0 Å². The monoisotopic (exact) mass is 328 g/mol. The van der Waals surface area contributed by atoms with Crippen LogP contribution in [0.15, 0.2) is 0 Å². The van der Waals surface area contributed by atoms with Gasteiger partial charge in [-0.2, -0.15) is 0 Å². The average Bonchev–Trinajstić information content (AvgIpc) is 1.95. The van der Waals surface area contributed by atoms with E-state index in [1.807, 2.05) is 0 Å². The Balaban J connectivity index is 3.36. The second-order valence-electron chi connectivity index (χ2n) is 5.40. The molecule has 1 unspecified atom stereocenters. The van der Waals surface area contributed by atoms with Gasteiger partial charge >= 0.3 is 0 Å². The summed E-state index contributed by atoms with van der Waals surface area (Å²) in [5.41, 5.74) is 0.494. The lowest BCUT2D eigenvalue weighted by Gasteiger charge is -2.19. The standard InChI is InChI=1S/C11H25IOSi/c1-11(2,3)9-7-6-8-10(12)13-14(4)5/h10,14H,6-9H2,1-5H3. The van der Waals surface area contributed by atoms with Crippen LogP contribution in [0, 0.1) is 5.41 Å². The number of unbranched alkanes of at least 4 members (excludes halogenated alkanes) is 1. The first-order valence-corrected chi connectivity index (χ1v) is 9.63. The Bertz CT molecular complexity index is 143. The zero-order chi connectivity index (χ0) is 11.2. The fraction of sp³-hybridized carbons (Fsp3) is 1.00. The predicted octanol–water partition coefficient (Wildman–Crippen LogP) is 4.35. The Labute approximate surface area is 105 Å². The minimum atomic E-state index is -0.821. The van der Waals surface area contributed by atoms with Crippen molar-refractivity contribution in [2.75, 3.05) is 0 Å². The summed E-state index contributed by atoms with van der Waals surface area (Å²) in [7, 11) is -0.821. The largest absolute Gasteiger partial charge is 0.409 e. The van der Waals surface area contributed by atoms with E-state index >= 15 is 0 Å². The van der Waals surface area contributed by atoms with E-state index in [1.165, 1.54) is 25.7 Å². The molecule has 0 aromatic rings. The highest BCUT2D eigenvalue weighted by molar-refractivity contribution is 14.1. The van der Waals surface area contributed by atoms with Crippen LogP contribution in [0.3, 0.4) is 0 Å².